The molecule has 0 aromatic heterocycles. The second-order valence-corrected chi connectivity index (χ2v) is 7.54. The second-order valence-electron chi connectivity index (χ2n) is 6.39. The van der Waals surface area contributed by atoms with Crippen molar-refractivity contribution in [3.63, 3.8) is 0 Å². The van der Waals surface area contributed by atoms with Crippen molar-refractivity contribution in [3.05, 3.63) is 64.2 Å². The molecule has 2 rings (SSSR count). The predicted molar refractivity (Wildman–Crippen MR) is 108 cm³/mol. The molecule has 0 heterocycles. The Morgan fingerprint density at radius 3 is 2.37 bits per heavy atom. The molecule has 0 saturated carbocycles. The van der Waals surface area contributed by atoms with Crippen LogP contribution in [-0.4, -0.2) is 22.1 Å². The Hall–Kier alpha value is -2.60. The third-order valence-electron chi connectivity index (χ3n) is 4.23. The average molecular weight is 385 g/mol. The number of carbonyl (C=O) groups excluding carboxylic acids is 2. The van der Waals surface area contributed by atoms with Gasteiger partial charge in [-0.1, -0.05) is 36.0 Å². The fourth-order valence-corrected chi connectivity index (χ4v) is 3.43. The number of anilines is 1. The first-order chi connectivity index (χ1) is 12.8. The van der Waals surface area contributed by atoms with Gasteiger partial charge in [0.25, 0.3) is 0 Å². The van der Waals surface area contributed by atoms with Crippen molar-refractivity contribution < 1.29 is 19.5 Å². The van der Waals surface area contributed by atoms with Gasteiger partial charge in [-0.3, -0.25) is 9.59 Å². The third kappa shape index (κ3) is 5.96. The molecule has 0 bridgehead atoms. The highest BCUT2D eigenvalue weighted by molar-refractivity contribution is 8.12. The molecule has 0 aliphatic heterocycles. The minimum atomic E-state index is -1.01. The van der Waals surface area contributed by atoms with Gasteiger partial charge in [0, 0.05) is 24.8 Å². The normalized spacial score (nSPS) is 10.5. The van der Waals surface area contributed by atoms with Gasteiger partial charge in [0.05, 0.1) is 5.56 Å². The van der Waals surface area contributed by atoms with Gasteiger partial charge in [-0.25, -0.2) is 4.79 Å². The number of rotatable bonds is 7. The molecule has 0 spiro atoms. The van der Waals surface area contributed by atoms with Crippen LogP contribution in [0.25, 0.3) is 0 Å². The molecule has 2 N–H and O–H groups in total. The fraction of sp³-hybridized carbons (Fsp3) is 0.286. The van der Waals surface area contributed by atoms with Gasteiger partial charge in [-0.15, -0.1) is 0 Å². The number of amides is 1. The minimum Gasteiger partial charge on any atom is -0.478 e. The first-order valence-corrected chi connectivity index (χ1v) is 9.61. The summed E-state index contributed by atoms with van der Waals surface area (Å²) >= 11 is 1.25. The molecule has 6 heteroatoms. The Morgan fingerprint density at radius 1 is 1.07 bits per heavy atom. The Balaban J connectivity index is 2.06. The van der Waals surface area contributed by atoms with E-state index in [9.17, 15) is 19.5 Å². The van der Waals surface area contributed by atoms with Gasteiger partial charge in [0.1, 0.15) is 0 Å². The summed E-state index contributed by atoms with van der Waals surface area (Å²) in [5.41, 5.74) is 4.12. The minimum absolute atomic E-state index is 0.0618. The summed E-state index contributed by atoms with van der Waals surface area (Å²) in [6, 6.07) is 11.1. The number of benzene rings is 2. The van der Waals surface area contributed by atoms with Crippen LogP contribution in [0.4, 0.5) is 5.69 Å². The highest BCUT2D eigenvalue weighted by Crippen LogP contribution is 2.23. The van der Waals surface area contributed by atoms with Gasteiger partial charge in [0.2, 0.25) is 5.91 Å². The quantitative estimate of drug-likeness (QED) is 0.740. The lowest BCUT2D eigenvalue weighted by atomic mass is 10.0. The Labute approximate surface area is 163 Å². The summed E-state index contributed by atoms with van der Waals surface area (Å²) in [4.78, 5) is 34.9. The maximum atomic E-state index is 12.4. The van der Waals surface area contributed by atoms with Gasteiger partial charge in [0.15, 0.2) is 5.12 Å². The van der Waals surface area contributed by atoms with E-state index in [4.69, 9.17) is 0 Å². The predicted octanol–water partition coefficient (Wildman–Crippen LogP) is 4.35. The molecule has 0 radical (unpaired) electrons. The zero-order chi connectivity index (χ0) is 20.0. The van der Waals surface area contributed by atoms with Crippen LogP contribution in [0.3, 0.4) is 0 Å². The highest BCUT2D eigenvalue weighted by Gasteiger charge is 2.14. The van der Waals surface area contributed by atoms with E-state index in [0.29, 0.717) is 23.4 Å². The lowest BCUT2D eigenvalue weighted by Gasteiger charge is -2.13. The van der Waals surface area contributed by atoms with Crippen molar-refractivity contribution in [2.24, 2.45) is 0 Å². The van der Waals surface area contributed by atoms with Crippen LogP contribution in [0.2, 0.25) is 0 Å². The van der Waals surface area contributed by atoms with E-state index >= 15 is 0 Å². The van der Waals surface area contributed by atoms with Crippen LogP contribution in [0, 0.1) is 13.8 Å². The van der Waals surface area contributed by atoms with Gasteiger partial charge in [-0.05, 0) is 54.7 Å². The number of hydrogen-bond donors (Lipinski definition) is 2. The summed E-state index contributed by atoms with van der Waals surface area (Å²) in [5, 5.41) is 12.2. The summed E-state index contributed by atoms with van der Waals surface area (Å²) in [5.74, 6) is -0.593. The van der Waals surface area contributed by atoms with Crippen molar-refractivity contribution in [1.29, 1.82) is 0 Å². The molecule has 0 atom stereocenters. The number of aryl methyl sites for hydroxylation is 2. The molecule has 0 aliphatic rings. The molecule has 2 aromatic rings. The Morgan fingerprint density at radius 2 is 1.74 bits per heavy atom. The average Bonchev–Trinajstić information content (AvgIpc) is 2.61. The second kappa shape index (κ2) is 9.37. The SMILES string of the molecule is CC(=O)SCc1ccccc1CCC(=O)Nc1cc(C)cc(C(=O)O)c1C. The number of carboxylic acid groups (broad SMARTS) is 1. The fourth-order valence-electron chi connectivity index (χ4n) is 2.79. The Bertz CT molecular complexity index is 876. The van der Waals surface area contributed by atoms with Crippen molar-refractivity contribution in [2.75, 3.05) is 5.32 Å². The van der Waals surface area contributed by atoms with Crippen LogP contribution in [0.15, 0.2) is 36.4 Å². The van der Waals surface area contributed by atoms with Crippen LogP contribution < -0.4 is 5.32 Å². The van der Waals surface area contributed by atoms with Gasteiger partial charge in [-0.2, -0.15) is 0 Å². The number of nitrogens with one attached hydrogen (secondary N) is 1. The zero-order valence-electron chi connectivity index (χ0n) is 15.7. The number of carbonyl (C=O) groups is 3. The summed E-state index contributed by atoms with van der Waals surface area (Å²) in [6.45, 7) is 5.02. The van der Waals surface area contributed by atoms with E-state index in [1.54, 1.807) is 26.0 Å². The van der Waals surface area contributed by atoms with Crippen LogP contribution >= 0.6 is 11.8 Å². The monoisotopic (exact) mass is 385 g/mol. The lowest BCUT2D eigenvalue weighted by molar-refractivity contribution is -0.116. The maximum Gasteiger partial charge on any atom is 0.336 e. The van der Waals surface area contributed by atoms with Gasteiger partial charge < -0.3 is 10.4 Å². The topological polar surface area (TPSA) is 83.5 Å². The molecule has 5 nitrogen and oxygen atoms in total. The number of aromatic carboxylic acids is 1. The zero-order valence-corrected chi connectivity index (χ0v) is 16.5. The van der Waals surface area contributed by atoms with Crippen molar-refractivity contribution in [1.82, 2.24) is 0 Å². The molecular weight excluding hydrogens is 362 g/mol. The smallest absolute Gasteiger partial charge is 0.336 e. The van der Waals surface area contributed by atoms with Crippen LogP contribution in [0.1, 0.15) is 46.0 Å². The first-order valence-electron chi connectivity index (χ1n) is 8.62. The van der Waals surface area contributed by atoms with Crippen molar-refractivity contribution in [2.45, 2.75) is 39.4 Å². The van der Waals surface area contributed by atoms with E-state index < -0.39 is 5.97 Å². The third-order valence-corrected chi connectivity index (χ3v) is 5.09. The number of hydrogen-bond acceptors (Lipinski definition) is 4. The standard InChI is InChI=1S/C21H23NO4S/c1-13-10-18(21(25)26)14(2)19(11-13)22-20(24)9-8-16-6-4-5-7-17(16)12-27-15(3)23/h4-7,10-11H,8-9,12H2,1-3H3,(H,22,24)(H,25,26). The van der Waals surface area contributed by atoms with E-state index in [2.05, 4.69) is 5.32 Å². The molecule has 0 unspecified atom stereocenters. The molecule has 2 aromatic carbocycles. The molecule has 0 saturated heterocycles. The number of carboxylic acids is 1. The van der Waals surface area contributed by atoms with E-state index in [0.717, 1.165) is 16.7 Å². The first kappa shape index (κ1) is 20.7. The molecular formula is C21H23NO4S. The molecule has 142 valence electrons. The largest absolute Gasteiger partial charge is 0.478 e. The molecule has 1 amide bonds. The summed E-state index contributed by atoms with van der Waals surface area (Å²) < 4.78 is 0. The summed E-state index contributed by atoms with van der Waals surface area (Å²) in [7, 11) is 0. The lowest BCUT2D eigenvalue weighted by Crippen LogP contribution is -2.15. The van der Waals surface area contributed by atoms with E-state index in [-0.39, 0.29) is 23.0 Å². The summed E-state index contributed by atoms with van der Waals surface area (Å²) in [6.07, 6.45) is 0.828. The van der Waals surface area contributed by atoms with Gasteiger partial charge >= 0.3 is 5.97 Å². The van der Waals surface area contributed by atoms with E-state index in [1.807, 2.05) is 24.3 Å². The highest BCUT2D eigenvalue weighted by atomic mass is 32.2. The Kier molecular flexibility index (Phi) is 7.19. The molecule has 0 aliphatic carbocycles. The van der Waals surface area contributed by atoms with Crippen molar-refractivity contribution >= 4 is 34.4 Å². The van der Waals surface area contributed by atoms with Crippen LogP contribution in [0.5, 0.6) is 0 Å². The maximum absolute atomic E-state index is 12.4. The molecule has 27 heavy (non-hydrogen) atoms. The van der Waals surface area contributed by atoms with Crippen molar-refractivity contribution in [3.8, 4) is 0 Å². The molecule has 0 fully saturated rings. The van der Waals surface area contributed by atoms with Crippen LogP contribution in [-0.2, 0) is 21.8 Å². The van der Waals surface area contributed by atoms with E-state index in [1.165, 1.54) is 18.7 Å². The number of thioether (sulfide) groups is 1.